The summed E-state index contributed by atoms with van der Waals surface area (Å²) in [6, 6.07) is 12.2. The molecular formula is C21H22ClN5. The molecule has 0 aliphatic carbocycles. The number of aromatic nitrogens is 3. The van der Waals surface area contributed by atoms with Gasteiger partial charge < -0.3 is 5.73 Å². The van der Waals surface area contributed by atoms with Crippen LogP contribution in [0.2, 0.25) is 5.02 Å². The SMILES string of the molecule is Nc1ncc(-c2cccc(Cl)c2)c(C2CCCCN2Cc2ccncc2)n1. The Morgan fingerprint density at radius 2 is 2.00 bits per heavy atom. The van der Waals surface area contributed by atoms with E-state index in [1.807, 2.05) is 42.9 Å². The molecule has 1 unspecified atom stereocenters. The molecule has 6 heteroatoms. The molecule has 1 fully saturated rings. The average molecular weight is 380 g/mol. The number of hydrogen-bond acceptors (Lipinski definition) is 5. The van der Waals surface area contributed by atoms with Crippen molar-refractivity contribution in [2.45, 2.75) is 31.8 Å². The summed E-state index contributed by atoms with van der Waals surface area (Å²) in [5, 5.41) is 0.701. The number of piperidine rings is 1. The first kappa shape index (κ1) is 17.9. The molecule has 2 N–H and O–H groups in total. The first-order chi connectivity index (χ1) is 13.2. The number of nitrogens with zero attached hydrogens (tertiary/aromatic N) is 4. The van der Waals surface area contributed by atoms with Gasteiger partial charge in [-0.2, -0.15) is 0 Å². The second kappa shape index (κ2) is 8.03. The van der Waals surface area contributed by atoms with E-state index in [9.17, 15) is 0 Å². The third-order valence-corrected chi connectivity index (χ3v) is 5.27. The number of benzene rings is 1. The van der Waals surface area contributed by atoms with E-state index in [2.05, 4.69) is 32.0 Å². The van der Waals surface area contributed by atoms with E-state index in [-0.39, 0.29) is 6.04 Å². The van der Waals surface area contributed by atoms with Crippen LogP contribution in [0.5, 0.6) is 0 Å². The van der Waals surface area contributed by atoms with Crippen LogP contribution >= 0.6 is 11.6 Å². The fourth-order valence-electron chi connectivity index (χ4n) is 3.75. The third-order valence-electron chi connectivity index (χ3n) is 5.04. The lowest BCUT2D eigenvalue weighted by atomic mass is 9.93. The Hall–Kier alpha value is -2.50. The van der Waals surface area contributed by atoms with Crippen LogP contribution in [-0.2, 0) is 6.54 Å². The Labute approximate surface area is 164 Å². The van der Waals surface area contributed by atoms with Gasteiger partial charge in [0.1, 0.15) is 0 Å². The Balaban J connectivity index is 1.72. The van der Waals surface area contributed by atoms with Gasteiger partial charge in [-0.1, -0.05) is 30.2 Å². The monoisotopic (exact) mass is 379 g/mol. The van der Waals surface area contributed by atoms with Crippen molar-refractivity contribution in [1.29, 1.82) is 0 Å². The van der Waals surface area contributed by atoms with Gasteiger partial charge in [0.2, 0.25) is 5.95 Å². The molecular weight excluding hydrogens is 358 g/mol. The maximum Gasteiger partial charge on any atom is 0.220 e. The number of rotatable bonds is 4. The van der Waals surface area contributed by atoms with Gasteiger partial charge in [0.15, 0.2) is 0 Å². The molecule has 0 spiro atoms. The highest BCUT2D eigenvalue weighted by Crippen LogP contribution is 2.37. The molecule has 0 bridgehead atoms. The zero-order chi connectivity index (χ0) is 18.6. The van der Waals surface area contributed by atoms with Crippen LogP contribution < -0.4 is 5.73 Å². The smallest absolute Gasteiger partial charge is 0.220 e. The van der Waals surface area contributed by atoms with E-state index >= 15 is 0 Å². The maximum atomic E-state index is 6.22. The summed E-state index contributed by atoms with van der Waals surface area (Å²) in [4.78, 5) is 15.5. The summed E-state index contributed by atoms with van der Waals surface area (Å²) < 4.78 is 0. The van der Waals surface area contributed by atoms with Gasteiger partial charge in [-0.15, -0.1) is 0 Å². The summed E-state index contributed by atoms with van der Waals surface area (Å²) in [6.45, 7) is 1.90. The van der Waals surface area contributed by atoms with Crippen molar-refractivity contribution in [3.8, 4) is 11.1 Å². The summed E-state index contributed by atoms with van der Waals surface area (Å²) in [5.41, 5.74) is 10.2. The van der Waals surface area contributed by atoms with E-state index in [0.29, 0.717) is 11.0 Å². The van der Waals surface area contributed by atoms with Crippen molar-refractivity contribution in [3.63, 3.8) is 0 Å². The molecule has 4 rings (SSSR count). The summed E-state index contributed by atoms with van der Waals surface area (Å²) >= 11 is 6.22. The number of hydrogen-bond donors (Lipinski definition) is 1. The largest absolute Gasteiger partial charge is 0.368 e. The van der Waals surface area contributed by atoms with Crippen LogP contribution in [0.25, 0.3) is 11.1 Å². The zero-order valence-electron chi connectivity index (χ0n) is 15.1. The van der Waals surface area contributed by atoms with E-state index in [1.54, 1.807) is 0 Å². The number of halogens is 1. The fraction of sp³-hybridized carbons (Fsp3) is 0.286. The lowest BCUT2D eigenvalue weighted by Crippen LogP contribution is -2.34. The predicted octanol–water partition coefficient (Wildman–Crippen LogP) is 4.50. The van der Waals surface area contributed by atoms with Gasteiger partial charge in [-0.3, -0.25) is 9.88 Å². The highest BCUT2D eigenvalue weighted by Gasteiger charge is 2.28. The van der Waals surface area contributed by atoms with Gasteiger partial charge in [-0.25, -0.2) is 9.97 Å². The van der Waals surface area contributed by atoms with Crippen LogP contribution in [0, 0.1) is 0 Å². The molecule has 3 aromatic rings. The highest BCUT2D eigenvalue weighted by molar-refractivity contribution is 6.30. The highest BCUT2D eigenvalue weighted by atomic mass is 35.5. The molecule has 2 aromatic heterocycles. The topological polar surface area (TPSA) is 67.9 Å². The molecule has 1 aliphatic heterocycles. The van der Waals surface area contributed by atoms with Crippen molar-refractivity contribution >= 4 is 17.5 Å². The molecule has 1 aliphatic rings. The standard InChI is InChI=1S/C21H22ClN5/c22-17-5-3-4-16(12-17)18-13-25-21(23)26-20(18)19-6-1-2-11-27(19)14-15-7-9-24-10-8-15/h3-5,7-10,12-13,19H,1-2,6,11,14H2,(H2,23,25,26). The van der Waals surface area contributed by atoms with Gasteiger partial charge >= 0.3 is 0 Å². The number of nitrogen functional groups attached to an aromatic ring is 1. The molecule has 3 heterocycles. The summed E-state index contributed by atoms with van der Waals surface area (Å²) in [5.74, 6) is 0.310. The minimum atomic E-state index is 0.200. The molecule has 0 amide bonds. The van der Waals surface area contributed by atoms with Crippen molar-refractivity contribution < 1.29 is 0 Å². The van der Waals surface area contributed by atoms with E-state index in [0.717, 1.165) is 36.3 Å². The molecule has 5 nitrogen and oxygen atoms in total. The van der Waals surface area contributed by atoms with Crippen LogP contribution in [-0.4, -0.2) is 26.4 Å². The molecule has 1 aromatic carbocycles. The maximum absolute atomic E-state index is 6.22. The van der Waals surface area contributed by atoms with E-state index in [1.165, 1.54) is 18.4 Å². The Morgan fingerprint density at radius 3 is 2.81 bits per heavy atom. The molecule has 1 atom stereocenters. The Morgan fingerprint density at radius 1 is 1.15 bits per heavy atom. The lowest BCUT2D eigenvalue weighted by molar-refractivity contribution is 0.137. The van der Waals surface area contributed by atoms with Crippen molar-refractivity contribution in [3.05, 3.63) is 71.3 Å². The number of likely N-dealkylation sites (tertiary alicyclic amines) is 1. The fourth-order valence-corrected chi connectivity index (χ4v) is 3.94. The number of pyridine rings is 1. The van der Waals surface area contributed by atoms with Crippen LogP contribution in [0.15, 0.2) is 55.0 Å². The minimum Gasteiger partial charge on any atom is -0.368 e. The normalized spacial score (nSPS) is 17.7. The van der Waals surface area contributed by atoms with E-state index in [4.69, 9.17) is 17.3 Å². The Bertz CT molecular complexity index is 915. The van der Waals surface area contributed by atoms with Crippen molar-refractivity contribution in [2.75, 3.05) is 12.3 Å². The van der Waals surface area contributed by atoms with Gasteiger partial charge in [0, 0.05) is 35.7 Å². The Kier molecular flexibility index (Phi) is 5.32. The van der Waals surface area contributed by atoms with Crippen molar-refractivity contribution in [2.24, 2.45) is 0 Å². The zero-order valence-corrected chi connectivity index (χ0v) is 15.8. The minimum absolute atomic E-state index is 0.200. The molecule has 138 valence electrons. The summed E-state index contributed by atoms with van der Waals surface area (Å²) in [6.07, 6.45) is 8.92. The molecule has 0 radical (unpaired) electrons. The summed E-state index contributed by atoms with van der Waals surface area (Å²) in [7, 11) is 0. The average Bonchev–Trinajstić information content (AvgIpc) is 2.69. The number of nitrogens with two attached hydrogens (primary N) is 1. The molecule has 27 heavy (non-hydrogen) atoms. The van der Waals surface area contributed by atoms with Crippen molar-refractivity contribution in [1.82, 2.24) is 19.9 Å². The van der Waals surface area contributed by atoms with Gasteiger partial charge in [0.25, 0.3) is 0 Å². The van der Waals surface area contributed by atoms with Crippen LogP contribution in [0.1, 0.15) is 36.6 Å². The molecule has 0 saturated carbocycles. The second-order valence-corrected chi connectivity index (χ2v) is 7.31. The van der Waals surface area contributed by atoms with E-state index < -0.39 is 0 Å². The predicted molar refractivity (Wildman–Crippen MR) is 108 cm³/mol. The number of anilines is 1. The van der Waals surface area contributed by atoms with Gasteiger partial charge in [-0.05, 0) is 54.8 Å². The van der Waals surface area contributed by atoms with Crippen LogP contribution in [0.4, 0.5) is 5.95 Å². The molecule has 1 saturated heterocycles. The van der Waals surface area contributed by atoms with Gasteiger partial charge in [0.05, 0.1) is 11.7 Å². The first-order valence-electron chi connectivity index (χ1n) is 9.22. The quantitative estimate of drug-likeness (QED) is 0.722. The first-order valence-corrected chi connectivity index (χ1v) is 9.60. The lowest BCUT2D eigenvalue weighted by Gasteiger charge is -2.36. The second-order valence-electron chi connectivity index (χ2n) is 6.87. The third kappa shape index (κ3) is 4.10. The van der Waals surface area contributed by atoms with Crippen LogP contribution in [0.3, 0.4) is 0 Å².